The number of alkyl halides is 5. The number of carbonyl (C=O) groups is 1. The lowest BCUT2D eigenvalue weighted by Gasteiger charge is -2.16. The van der Waals surface area contributed by atoms with E-state index in [-0.39, 0.29) is 6.61 Å². The normalized spacial score (nSPS) is 11.8. The topological polar surface area (TPSA) is 39.2 Å². The Kier molecular flexibility index (Phi) is 4.67. The Morgan fingerprint density at radius 1 is 1.47 bits per heavy atom. The van der Waals surface area contributed by atoms with Gasteiger partial charge in [0.2, 0.25) is 0 Å². The third-order valence-corrected chi connectivity index (χ3v) is 2.32. The third kappa shape index (κ3) is 3.31. The molecule has 0 N–H and O–H groups in total. The maximum Gasteiger partial charge on any atom is 0.419 e. The van der Waals surface area contributed by atoms with Crippen LogP contribution in [0.5, 0.6) is 0 Å². The Morgan fingerprint density at radius 3 is 2.47 bits per heavy atom. The SMILES string of the molecule is CCOC(=O)c1c(Cl)cnc(C(F)F)c1C(F)(F)F. The molecular formula is C10H7ClF5NO2. The van der Waals surface area contributed by atoms with Crippen molar-refractivity contribution in [2.75, 3.05) is 6.61 Å². The van der Waals surface area contributed by atoms with E-state index < -0.39 is 40.4 Å². The van der Waals surface area contributed by atoms with E-state index in [4.69, 9.17) is 11.6 Å². The zero-order valence-electron chi connectivity index (χ0n) is 9.39. The van der Waals surface area contributed by atoms with Gasteiger partial charge in [0.1, 0.15) is 5.69 Å². The summed E-state index contributed by atoms with van der Waals surface area (Å²) >= 11 is 5.43. The van der Waals surface area contributed by atoms with Gasteiger partial charge in [-0.2, -0.15) is 13.2 Å². The summed E-state index contributed by atoms with van der Waals surface area (Å²) in [4.78, 5) is 14.4. The summed E-state index contributed by atoms with van der Waals surface area (Å²) in [6.07, 6.45) is -8.14. The van der Waals surface area contributed by atoms with E-state index in [1.54, 1.807) is 0 Å². The molecule has 0 saturated heterocycles. The van der Waals surface area contributed by atoms with Crippen LogP contribution < -0.4 is 0 Å². The number of hydrogen-bond donors (Lipinski definition) is 0. The number of ether oxygens (including phenoxy) is 1. The van der Waals surface area contributed by atoms with Crippen molar-refractivity contribution in [3.63, 3.8) is 0 Å². The first-order valence-electron chi connectivity index (χ1n) is 4.91. The van der Waals surface area contributed by atoms with E-state index >= 15 is 0 Å². The molecule has 3 nitrogen and oxygen atoms in total. The maximum atomic E-state index is 12.8. The van der Waals surface area contributed by atoms with Crippen LogP contribution in [0.25, 0.3) is 0 Å². The highest BCUT2D eigenvalue weighted by Crippen LogP contribution is 2.40. The fraction of sp³-hybridized carbons (Fsp3) is 0.400. The van der Waals surface area contributed by atoms with Crippen LogP contribution in [0.15, 0.2) is 6.20 Å². The predicted octanol–water partition coefficient (Wildman–Crippen LogP) is 3.87. The van der Waals surface area contributed by atoms with E-state index in [1.165, 1.54) is 6.92 Å². The van der Waals surface area contributed by atoms with E-state index in [2.05, 4.69) is 9.72 Å². The maximum absolute atomic E-state index is 12.8. The number of hydrogen-bond acceptors (Lipinski definition) is 3. The summed E-state index contributed by atoms with van der Waals surface area (Å²) in [5.41, 5.74) is -4.57. The summed E-state index contributed by atoms with van der Waals surface area (Å²) in [6.45, 7) is 1.13. The molecule has 0 atom stereocenters. The Hall–Kier alpha value is -1.44. The molecule has 0 bridgehead atoms. The van der Waals surface area contributed by atoms with Crippen molar-refractivity contribution in [3.8, 4) is 0 Å². The standard InChI is InChI=1S/C10H7ClF5NO2/c1-2-19-9(18)5-4(11)3-17-7(8(12)13)6(5)10(14,15)16/h3,8H,2H2,1H3. The molecule has 0 amide bonds. The average molecular weight is 304 g/mol. The van der Waals surface area contributed by atoms with Crippen molar-refractivity contribution >= 4 is 17.6 Å². The van der Waals surface area contributed by atoms with Crippen LogP contribution in [0.1, 0.15) is 35.0 Å². The quantitative estimate of drug-likeness (QED) is 0.628. The Morgan fingerprint density at radius 2 is 2.05 bits per heavy atom. The van der Waals surface area contributed by atoms with Gasteiger partial charge < -0.3 is 4.74 Å². The van der Waals surface area contributed by atoms with Crippen LogP contribution in [0.4, 0.5) is 22.0 Å². The zero-order chi connectivity index (χ0) is 14.8. The van der Waals surface area contributed by atoms with Gasteiger partial charge in [-0.3, -0.25) is 4.98 Å². The summed E-state index contributed by atoms with van der Waals surface area (Å²) in [6, 6.07) is 0. The average Bonchev–Trinajstić information content (AvgIpc) is 2.26. The van der Waals surface area contributed by atoms with Crippen LogP contribution in [0.2, 0.25) is 5.02 Å². The molecule has 0 aliphatic heterocycles. The van der Waals surface area contributed by atoms with Gasteiger partial charge in [-0.1, -0.05) is 11.6 Å². The molecule has 19 heavy (non-hydrogen) atoms. The number of halogens is 6. The fourth-order valence-electron chi connectivity index (χ4n) is 1.36. The van der Waals surface area contributed by atoms with E-state index in [0.29, 0.717) is 6.20 Å². The molecule has 0 aliphatic carbocycles. The zero-order valence-corrected chi connectivity index (χ0v) is 10.1. The molecule has 1 rings (SSSR count). The van der Waals surface area contributed by atoms with Gasteiger partial charge in [0.25, 0.3) is 6.43 Å². The minimum Gasteiger partial charge on any atom is -0.462 e. The van der Waals surface area contributed by atoms with Crippen molar-refractivity contribution in [3.05, 3.63) is 28.0 Å². The van der Waals surface area contributed by atoms with Crippen LogP contribution in [-0.4, -0.2) is 17.6 Å². The van der Waals surface area contributed by atoms with Gasteiger partial charge in [-0.15, -0.1) is 0 Å². The molecule has 1 heterocycles. The molecule has 0 unspecified atom stereocenters. The second kappa shape index (κ2) is 5.68. The molecule has 1 aromatic heterocycles. The summed E-state index contributed by atoms with van der Waals surface area (Å²) in [5, 5.41) is -0.699. The summed E-state index contributed by atoms with van der Waals surface area (Å²) in [5.74, 6) is -1.43. The lowest BCUT2D eigenvalue weighted by molar-refractivity contribution is -0.140. The number of aromatic nitrogens is 1. The Balaban J connectivity index is 3.59. The second-order valence-corrected chi connectivity index (χ2v) is 3.67. The first-order chi connectivity index (χ1) is 8.70. The van der Waals surface area contributed by atoms with E-state index in [9.17, 15) is 26.7 Å². The number of carbonyl (C=O) groups excluding carboxylic acids is 1. The van der Waals surface area contributed by atoms with Gasteiger partial charge in [0.05, 0.1) is 22.8 Å². The second-order valence-electron chi connectivity index (χ2n) is 3.26. The third-order valence-electron chi connectivity index (χ3n) is 2.03. The van der Waals surface area contributed by atoms with Crippen LogP contribution in [-0.2, 0) is 10.9 Å². The molecule has 106 valence electrons. The van der Waals surface area contributed by atoms with Crippen molar-refractivity contribution in [1.29, 1.82) is 0 Å². The Labute approximate surface area is 109 Å². The van der Waals surface area contributed by atoms with Crippen molar-refractivity contribution < 1.29 is 31.5 Å². The molecular weight excluding hydrogens is 297 g/mol. The monoisotopic (exact) mass is 303 g/mol. The lowest BCUT2D eigenvalue weighted by atomic mass is 10.1. The van der Waals surface area contributed by atoms with Gasteiger partial charge in [-0.05, 0) is 6.92 Å². The predicted molar refractivity (Wildman–Crippen MR) is 55.2 cm³/mol. The largest absolute Gasteiger partial charge is 0.462 e. The highest BCUT2D eigenvalue weighted by Gasteiger charge is 2.42. The molecule has 0 saturated carbocycles. The molecule has 0 aromatic carbocycles. The Bertz CT molecular complexity index is 490. The smallest absolute Gasteiger partial charge is 0.419 e. The summed E-state index contributed by atoms with van der Waals surface area (Å²) < 4.78 is 67.9. The number of nitrogens with zero attached hydrogens (tertiary/aromatic N) is 1. The molecule has 9 heteroatoms. The van der Waals surface area contributed by atoms with Crippen LogP contribution >= 0.6 is 11.6 Å². The van der Waals surface area contributed by atoms with E-state index in [0.717, 1.165) is 0 Å². The molecule has 1 aromatic rings. The van der Waals surface area contributed by atoms with Gasteiger partial charge in [-0.25, -0.2) is 13.6 Å². The molecule has 0 fully saturated rings. The van der Waals surface area contributed by atoms with Crippen molar-refractivity contribution in [2.24, 2.45) is 0 Å². The summed E-state index contributed by atoms with van der Waals surface area (Å²) in [7, 11) is 0. The molecule has 0 spiro atoms. The fourth-order valence-corrected chi connectivity index (χ4v) is 1.58. The van der Waals surface area contributed by atoms with Gasteiger partial charge in [0, 0.05) is 6.20 Å². The lowest BCUT2D eigenvalue weighted by Crippen LogP contribution is -2.20. The first kappa shape index (κ1) is 15.6. The van der Waals surface area contributed by atoms with Gasteiger partial charge in [0.15, 0.2) is 0 Å². The van der Waals surface area contributed by atoms with Crippen molar-refractivity contribution in [1.82, 2.24) is 4.98 Å². The van der Waals surface area contributed by atoms with E-state index in [1.807, 2.05) is 0 Å². The minimum atomic E-state index is -5.20. The first-order valence-corrected chi connectivity index (χ1v) is 5.28. The number of pyridine rings is 1. The van der Waals surface area contributed by atoms with Crippen LogP contribution in [0, 0.1) is 0 Å². The number of rotatable bonds is 3. The van der Waals surface area contributed by atoms with Gasteiger partial charge >= 0.3 is 12.1 Å². The molecule has 0 radical (unpaired) electrons. The highest BCUT2D eigenvalue weighted by atomic mass is 35.5. The van der Waals surface area contributed by atoms with Crippen LogP contribution in [0.3, 0.4) is 0 Å². The number of esters is 1. The minimum absolute atomic E-state index is 0.223. The molecule has 0 aliphatic rings. The van der Waals surface area contributed by atoms with Crippen molar-refractivity contribution in [2.45, 2.75) is 19.5 Å². The highest BCUT2D eigenvalue weighted by molar-refractivity contribution is 6.33.